The van der Waals surface area contributed by atoms with Crippen LogP contribution < -0.4 is 24.8 Å². The van der Waals surface area contributed by atoms with Gasteiger partial charge >= 0.3 is 192 Å². The van der Waals surface area contributed by atoms with Crippen LogP contribution in [-0.2, 0) is 36.1 Å². The number of allylic oxidation sites excluding steroid dienone is 2. The summed E-state index contributed by atoms with van der Waals surface area (Å²) < 4.78 is 1.40. The molecule has 3 aromatic rings. The Morgan fingerprint density at radius 2 is 1.44 bits per heavy atom. The number of halogens is 2. The molecule has 6 rings (SSSR count). The average Bonchev–Trinajstić information content (AvgIpc) is 3.43. The normalized spacial score (nSPS) is 19.6. The van der Waals surface area contributed by atoms with Crippen molar-refractivity contribution in [2.45, 2.75) is 40.4 Å². The third kappa shape index (κ3) is 3.81. The maximum Gasteiger partial charge on any atom is -1.00 e. The van der Waals surface area contributed by atoms with Gasteiger partial charge in [0.1, 0.15) is 0 Å². The van der Waals surface area contributed by atoms with Gasteiger partial charge in [-0.15, -0.1) is 0 Å². The van der Waals surface area contributed by atoms with Crippen molar-refractivity contribution in [1.82, 2.24) is 0 Å². The zero-order chi connectivity index (χ0) is 20.2. The topological polar surface area (TPSA) is 0 Å². The van der Waals surface area contributed by atoms with E-state index in [1.807, 2.05) is 0 Å². The van der Waals surface area contributed by atoms with E-state index in [2.05, 4.69) is 86.7 Å². The molecule has 0 amide bonds. The Bertz CT molecular complexity index is 1220. The molecule has 0 spiro atoms. The molecule has 0 radical (unpaired) electrons. The van der Waals surface area contributed by atoms with E-state index in [4.69, 9.17) is 0 Å². The molecule has 32 heavy (non-hydrogen) atoms. The second-order valence-electron chi connectivity index (χ2n) is 9.05. The van der Waals surface area contributed by atoms with Gasteiger partial charge in [-0.3, -0.25) is 0 Å². The van der Waals surface area contributed by atoms with Crippen LogP contribution in [-0.4, -0.2) is 0 Å². The molecule has 2 atom stereocenters. The maximum atomic E-state index is 2.61. The molecule has 0 heterocycles. The van der Waals surface area contributed by atoms with E-state index in [0.29, 0.717) is 7.25 Å². The summed E-state index contributed by atoms with van der Waals surface area (Å²) in [7, 11) is 0. The van der Waals surface area contributed by atoms with E-state index in [1.54, 1.807) is 39.0 Å². The quantitative estimate of drug-likeness (QED) is 0.477. The minimum atomic E-state index is -0.749. The number of hydrogen-bond acceptors (Lipinski definition) is 0. The summed E-state index contributed by atoms with van der Waals surface area (Å²) in [6.45, 7) is 4.75. The van der Waals surface area contributed by atoms with Crippen LogP contribution in [0.15, 0.2) is 71.8 Å². The summed E-state index contributed by atoms with van der Waals surface area (Å²) in [5, 5.41) is 0. The van der Waals surface area contributed by atoms with Crippen molar-refractivity contribution in [1.29, 1.82) is 0 Å². The maximum absolute atomic E-state index is 2.61. The first-order valence-corrected chi connectivity index (χ1v) is 14.0. The van der Waals surface area contributed by atoms with Gasteiger partial charge in [0.25, 0.3) is 0 Å². The van der Waals surface area contributed by atoms with Crippen LogP contribution in [0.25, 0.3) is 23.3 Å². The molecule has 0 aliphatic heterocycles. The molecule has 3 heteroatoms. The first-order valence-electron chi connectivity index (χ1n) is 11.2. The number of fused-ring (bicyclic) bond motifs is 3. The standard InChI is InChI=1S/C19H17.C10H9.2ClH.Zr/c1-13-10-16-12-15-8-5-9-17(15)19(18(16)11-13)14-6-3-2-4-7-14;1-8-6-9-4-2-3-5-10(9)7-8;;;/h2-4,6-7,10-12H,5,8-9H2,1H3;2-7H,1H3;2*1H;/q;;;;+2/p-2. The van der Waals surface area contributed by atoms with Gasteiger partial charge in [0.15, 0.2) is 0 Å². The first-order chi connectivity index (χ1) is 14.7. The van der Waals surface area contributed by atoms with Gasteiger partial charge in [-0.1, -0.05) is 0 Å². The molecule has 2 unspecified atom stereocenters. The molecule has 3 aliphatic carbocycles. The summed E-state index contributed by atoms with van der Waals surface area (Å²) in [6.07, 6.45) is 8.78. The number of rotatable bonds is 3. The van der Waals surface area contributed by atoms with E-state index < -0.39 is 23.2 Å². The van der Waals surface area contributed by atoms with Crippen LogP contribution in [0, 0.1) is 0 Å². The molecule has 0 saturated heterocycles. The third-order valence-corrected chi connectivity index (χ3v) is 12.6. The van der Waals surface area contributed by atoms with Crippen LogP contribution in [0.2, 0.25) is 0 Å². The predicted octanol–water partition coefficient (Wildman–Crippen LogP) is 1.55. The molecule has 0 N–H and O–H groups in total. The Morgan fingerprint density at radius 1 is 0.750 bits per heavy atom. The second kappa shape index (κ2) is 9.46. The zero-order valence-electron chi connectivity index (χ0n) is 18.5. The number of hydrogen-bond donors (Lipinski definition) is 0. The van der Waals surface area contributed by atoms with Gasteiger partial charge in [-0.2, -0.15) is 0 Å². The van der Waals surface area contributed by atoms with Crippen LogP contribution in [0.3, 0.4) is 0 Å². The fourth-order valence-corrected chi connectivity index (χ4v) is 10.4. The van der Waals surface area contributed by atoms with Gasteiger partial charge in [0.2, 0.25) is 0 Å². The number of aryl methyl sites for hydroxylation is 1. The van der Waals surface area contributed by atoms with Crippen LogP contribution in [0.4, 0.5) is 0 Å². The van der Waals surface area contributed by atoms with Crippen molar-refractivity contribution < 1.29 is 48.0 Å². The molecular formula is C29H26Cl2Zr. The molecule has 0 nitrogen and oxygen atoms in total. The molecular weight excluding hydrogens is 510 g/mol. The molecule has 0 bridgehead atoms. The van der Waals surface area contributed by atoms with E-state index in [9.17, 15) is 0 Å². The van der Waals surface area contributed by atoms with E-state index in [-0.39, 0.29) is 24.8 Å². The Hall–Kier alpha value is -1.40. The minimum absolute atomic E-state index is 0. The summed E-state index contributed by atoms with van der Waals surface area (Å²) >= 11 is -0.749. The smallest absolute Gasteiger partial charge is 1.00 e. The summed E-state index contributed by atoms with van der Waals surface area (Å²) in [5.41, 5.74) is 15.6. The Kier molecular flexibility index (Phi) is 7.02. The van der Waals surface area contributed by atoms with Crippen molar-refractivity contribution >= 4 is 12.2 Å². The molecule has 0 fully saturated rings. The first kappa shape index (κ1) is 23.8. The predicted molar refractivity (Wildman–Crippen MR) is 123 cm³/mol. The zero-order valence-corrected chi connectivity index (χ0v) is 22.4. The van der Waals surface area contributed by atoms with Crippen molar-refractivity contribution in [2.24, 2.45) is 0 Å². The second-order valence-corrected chi connectivity index (χ2v) is 12.7. The SMILES string of the molecule is CC1=Cc2ccccc2[CH]1[Zr+2][CH]1C(C)=Cc2c1cc1c(c2-c2ccccc2)CCC1.[Cl-].[Cl-]. The van der Waals surface area contributed by atoms with Gasteiger partial charge < -0.3 is 24.8 Å². The molecule has 0 saturated carbocycles. The minimum Gasteiger partial charge on any atom is -1.00 e. The van der Waals surface area contributed by atoms with Gasteiger partial charge in [-0.05, 0) is 0 Å². The van der Waals surface area contributed by atoms with Gasteiger partial charge in [-0.25, -0.2) is 0 Å². The summed E-state index contributed by atoms with van der Waals surface area (Å²) in [6, 6.07) is 22.8. The molecule has 0 aromatic heterocycles. The van der Waals surface area contributed by atoms with Crippen molar-refractivity contribution in [3.63, 3.8) is 0 Å². The monoisotopic (exact) mass is 534 g/mol. The van der Waals surface area contributed by atoms with E-state index in [1.165, 1.54) is 36.0 Å². The van der Waals surface area contributed by atoms with Crippen LogP contribution >= 0.6 is 0 Å². The Labute approximate surface area is 215 Å². The average molecular weight is 537 g/mol. The van der Waals surface area contributed by atoms with Gasteiger partial charge in [0, 0.05) is 0 Å². The fraction of sp³-hybridized carbons (Fsp3) is 0.241. The molecule has 3 aromatic carbocycles. The summed E-state index contributed by atoms with van der Waals surface area (Å²) in [4.78, 5) is 0. The van der Waals surface area contributed by atoms with Crippen LogP contribution in [0.5, 0.6) is 0 Å². The molecule has 160 valence electrons. The Balaban J connectivity index is 0.00000122. The summed E-state index contributed by atoms with van der Waals surface area (Å²) in [5.74, 6) is 0. The molecule has 3 aliphatic rings. The van der Waals surface area contributed by atoms with Crippen molar-refractivity contribution in [3.05, 3.63) is 105 Å². The van der Waals surface area contributed by atoms with Crippen molar-refractivity contribution in [3.8, 4) is 11.1 Å². The Morgan fingerprint density at radius 3 is 2.25 bits per heavy atom. The van der Waals surface area contributed by atoms with Gasteiger partial charge in [0.05, 0.1) is 0 Å². The van der Waals surface area contributed by atoms with E-state index in [0.717, 1.165) is 0 Å². The number of benzene rings is 3. The van der Waals surface area contributed by atoms with E-state index >= 15 is 0 Å². The van der Waals surface area contributed by atoms with Crippen molar-refractivity contribution in [2.75, 3.05) is 0 Å². The third-order valence-electron chi connectivity index (χ3n) is 7.15. The fourth-order valence-electron chi connectivity index (χ4n) is 5.76. The largest absolute Gasteiger partial charge is 1.00 e. The van der Waals surface area contributed by atoms with Crippen LogP contribution in [0.1, 0.15) is 60.9 Å².